The van der Waals surface area contributed by atoms with Crippen molar-refractivity contribution in [3.8, 4) is 0 Å². The second kappa shape index (κ2) is 8.75. The lowest BCUT2D eigenvalue weighted by Gasteiger charge is -2.18. The number of carbonyl (C=O) groups is 2. The number of halogens is 1. The van der Waals surface area contributed by atoms with Crippen LogP contribution in [-0.2, 0) is 9.53 Å². The molecule has 0 radical (unpaired) electrons. The molecule has 1 atom stereocenters. The summed E-state index contributed by atoms with van der Waals surface area (Å²) in [5, 5.41) is 13.7. The van der Waals surface area contributed by atoms with Crippen LogP contribution in [0.1, 0.15) is 22.0 Å². The summed E-state index contributed by atoms with van der Waals surface area (Å²) in [6.07, 6.45) is -1.37. The minimum absolute atomic E-state index is 0.270. The lowest BCUT2D eigenvalue weighted by molar-refractivity contribution is -0.385. The smallest absolute Gasteiger partial charge is 0.346 e. The first kappa shape index (κ1) is 19.7. The van der Waals surface area contributed by atoms with Crippen LogP contribution in [0.3, 0.4) is 0 Å². The number of hydrogen-bond donors (Lipinski definition) is 1. The highest BCUT2D eigenvalue weighted by molar-refractivity contribution is 5.99. The van der Waals surface area contributed by atoms with Gasteiger partial charge in [0, 0.05) is 17.3 Å². The largest absolute Gasteiger partial charge is 0.443 e. The van der Waals surface area contributed by atoms with Gasteiger partial charge in [-0.05, 0) is 30.3 Å². The quantitative estimate of drug-likeness (QED) is 0.382. The average Bonchev–Trinajstić information content (AvgIpc) is 2.74. The highest BCUT2D eigenvalue weighted by Crippen LogP contribution is 2.25. The monoisotopic (exact) mass is 394 g/mol. The number of hydrogen-bond acceptors (Lipinski definition) is 5. The van der Waals surface area contributed by atoms with Crippen LogP contribution in [0.25, 0.3) is 0 Å². The van der Waals surface area contributed by atoms with E-state index in [2.05, 4.69) is 5.32 Å². The van der Waals surface area contributed by atoms with E-state index in [1.807, 2.05) is 0 Å². The zero-order valence-corrected chi connectivity index (χ0v) is 14.9. The number of carbonyl (C=O) groups excluding carboxylic acids is 2. The molecular formula is C21H15FN2O5. The van der Waals surface area contributed by atoms with E-state index in [0.717, 1.165) is 0 Å². The molecule has 0 saturated heterocycles. The van der Waals surface area contributed by atoms with Crippen LogP contribution in [0.2, 0.25) is 0 Å². The molecule has 1 N–H and O–H groups in total. The maximum atomic E-state index is 13.1. The SMILES string of the molecule is O=C(OC(C(=O)Nc1ccc(F)cc1)c1ccccc1)c1ccccc1[N+](=O)[O-]. The van der Waals surface area contributed by atoms with Crippen LogP contribution in [0.4, 0.5) is 15.8 Å². The summed E-state index contributed by atoms with van der Waals surface area (Å²) in [5.41, 5.74) is -0.0191. The van der Waals surface area contributed by atoms with E-state index in [4.69, 9.17) is 4.74 Å². The molecule has 0 aliphatic heterocycles. The Hall–Kier alpha value is -4.07. The van der Waals surface area contributed by atoms with Gasteiger partial charge in [0.25, 0.3) is 11.6 Å². The van der Waals surface area contributed by atoms with Crippen molar-refractivity contribution in [1.82, 2.24) is 0 Å². The van der Waals surface area contributed by atoms with E-state index in [1.165, 1.54) is 48.5 Å². The van der Waals surface area contributed by atoms with Gasteiger partial charge in [0.1, 0.15) is 11.4 Å². The van der Waals surface area contributed by atoms with E-state index >= 15 is 0 Å². The Balaban J connectivity index is 1.88. The van der Waals surface area contributed by atoms with Gasteiger partial charge in [-0.3, -0.25) is 14.9 Å². The van der Waals surface area contributed by atoms with Gasteiger partial charge in [-0.2, -0.15) is 0 Å². The normalized spacial score (nSPS) is 11.3. The average molecular weight is 394 g/mol. The molecule has 0 spiro atoms. The molecule has 3 aromatic rings. The summed E-state index contributed by atoms with van der Waals surface area (Å²) >= 11 is 0. The van der Waals surface area contributed by atoms with Crippen molar-refractivity contribution in [3.05, 3.63) is 106 Å². The van der Waals surface area contributed by atoms with Gasteiger partial charge in [-0.25, -0.2) is 9.18 Å². The summed E-state index contributed by atoms with van der Waals surface area (Å²) in [6.45, 7) is 0. The van der Waals surface area contributed by atoms with E-state index < -0.39 is 34.4 Å². The molecule has 146 valence electrons. The molecule has 0 aliphatic rings. The number of nitro groups is 1. The Kier molecular flexibility index (Phi) is 5.94. The minimum atomic E-state index is -1.37. The molecule has 8 heteroatoms. The Labute approximate surface area is 164 Å². The van der Waals surface area contributed by atoms with Gasteiger partial charge in [-0.1, -0.05) is 42.5 Å². The number of rotatable bonds is 6. The molecule has 0 fully saturated rings. The molecule has 0 heterocycles. The Morgan fingerprint density at radius 2 is 1.55 bits per heavy atom. The Morgan fingerprint density at radius 1 is 0.931 bits per heavy atom. The maximum absolute atomic E-state index is 13.1. The van der Waals surface area contributed by atoms with Crippen molar-refractivity contribution < 1.29 is 23.6 Å². The number of benzene rings is 3. The second-order valence-electron chi connectivity index (χ2n) is 5.97. The molecule has 0 aromatic heterocycles. The van der Waals surface area contributed by atoms with Crippen molar-refractivity contribution in [2.75, 3.05) is 5.32 Å². The van der Waals surface area contributed by atoms with Crippen molar-refractivity contribution in [1.29, 1.82) is 0 Å². The summed E-state index contributed by atoms with van der Waals surface area (Å²) in [4.78, 5) is 35.8. The van der Waals surface area contributed by atoms with Crippen LogP contribution in [-0.4, -0.2) is 16.8 Å². The third-order valence-corrected chi connectivity index (χ3v) is 4.00. The summed E-state index contributed by atoms with van der Waals surface area (Å²) < 4.78 is 18.4. The Bertz CT molecular complexity index is 1040. The third-order valence-electron chi connectivity index (χ3n) is 4.00. The molecule has 29 heavy (non-hydrogen) atoms. The van der Waals surface area contributed by atoms with Gasteiger partial charge in [0.05, 0.1) is 4.92 Å². The zero-order chi connectivity index (χ0) is 20.8. The molecule has 1 amide bonds. The summed E-state index contributed by atoms with van der Waals surface area (Å²) in [6, 6.07) is 18.6. The van der Waals surface area contributed by atoms with Crippen molar-refractivity contribution in [2.24, 2.45) is 0 Å². The first-order valence-corrected chi connectivity index (χ1v) is 8.51. The number of para-hydroxylation sites is 1. The highest BCUT2D eigenvalue weighted by Gasteiger charge is 2.29. The topological polar surface area (TPSA) is 98.5 Å². The first-order valence-electron chi connectivity index (χ1n) is 8.51. The highest BCUT2D eigenvalue weighted by atomic mass is 19.1. The predicted octanol–water partition coefficient (Wildman–Crippen LogP) is 4.27. The number of nitro benzene ring substituents is 1. The van der Waals surface area contributed by atoms with Crippen LogP contribution in [0, 0.1) is 15.9 Å². The molecule has 3 rings (SSSR count). The number of nitrogens with zero attached hydrogens (tertiary/aromatic N) is 1. The summed E-state index contributed by atoms with van der Waals surface area (Å²) in [5.74, 6) is -2.17. The fourth-order valence-electron chi connectivity index (χ4n) is 2.62. The van der Waals surface area contributed by atoms with Gasteiger partial charge >= 0.3 is 5.97 Å². The first-order chi connectivity index (χ1) is 14.0. The minimum Gasteiger partial charge on any atom is -0.443 e. The van der Waals surface area contributed by atoms with E-state index in [0.29, 0.717) is 11.3 Å². The second-order valence-corrected chi connectivity index (χ2v) is 5.97. The number of nitrogens with one attached hydrogen (secondary N) is 1. The van der Waals surface area contributed by atoms with Gasteiger partial charge in [0.15, 0.2) is 0 Å². The molecule has 1 unspecified atom stereocenters. The number of ether oxygens (including phenoxy) is 1. The fourth-order valence-corrected chi connectivity index (χ4v) is 2.62. The van der Waals surface area contributed by atoms with Crippen molar-refractivity contribution in [2.45, 2.75) is 6.10 Å². The molecule has 7 nitrogen and oxygen atoms in total. The van der Waals surface area contributed by atoms with Crippen molar-refractivity contribution in [3.63, 3.8) is 0 Å². The number of anilines is 1. The molecule has 0 bridgehead atoms. The molecular weight excluding hydrogens is 379 g/mol. The Morgan fingerprint density at radius 3 is 2.21 bits per heavy atom. The van der Waals surface area contributed by atoms with Crippen LogP contribution in [0.15, 0.2) is 78.9 Å². The van der Waals surface area contributed by atoms with E-state index in [1.54, 1.807) is 30.3 Å². The zero-order valence-electron chi connectivity index (χ0n) is 14.9. The maximum Gasteiger partial charge on any atom is 0.346 e. The predicted molar refractivity (Wildman–Crippen MR) is 103 cm³/mol. The van der Waals surface area contributed by atoms with E-state index in [9.17, 15) is 24.1 Å². The van der Waals surface area contributed by atoms with Gasteiger partial charge in [-0.15, -0.1) is 0 Å². The van der Waals surface area contributed by atoms with Gasteiger partial charge < -0.3 is 10.1 Å². The lowest BCUT2D eigenvalue weighted by atomic mass is 10.1. The van der Waals surface area contributed by atoms with Crippen LogP contribution >= 0.6 is 0 Å². The third kappa shape index (κ3) is 4.81. The molecule has 3 aromatic carbocycles. The van der Waals surface area contributed by atoms with E-state index in [-0.39, 0.29) is 5.56 Å². The lowest BCUT2D eigenvalue weighted by Crippen LogP contribution is -2.26. The standard InChI is InChI=1S/C21H15FN2O5/c22-15-10-12-16(13-11-15)23-20(25)19(14-6-2-1-3-7-14)29-21(26)17-8-4-5-9-18(17)24(27)28/h1-13,19H,(H,23,25). The molecule has 0 aliphatic carbocycles. The summed E-state index contributed by atoms with van der Waals surface area (Å²) in [7, 11) is 0. The van der Waals surface area contributed by atoms with Gasteiger partial charge in [0.2, 0.25) is 6.10 Å². The molecule has 0 saturated carbocycles. The number of amides is 1. The van der Waals surface area contributed by atoms with Crippen LogP contribution < -0.4 is 5.32 Å². The van der Waals surface area contributed by atoms with Crippen molar-refractivity contribution >= 4 is 23.3 Å². The van der Waals surface area contributed by atoms with Crippen LogP contribution in [0.5, 0.6) is 0 Å². The number of esters is 1. The fraction of sp³-hybridized carbons (Fsp3) is 0.0476.